The lowest BCUT2D eigenvalue weighted by Crippen LogP contribution is -2.36. The smallest absolute Gasteiger partial charge is 0.417 e. The number of benzene rings is 3. The van der Waals surface area contributed by atoms with E-state index in [1.807, 2.05) is 50.2 Å². The monoisotopic (exact) mass is 594 g/mol. The third kappa shape index (κ3) is 6.54. The van der Waals surface area contributed by atoms with Crippen molar-refractivity contribution in [2.45, 2.75) is 39.5 Å². The molecule has 1 fully saturated rings. The molecule has 0 atom stereocenters. The maximum absolute atomic E-state index is 13.7. The van der Waals surface area contributed by atoms with Gasteiger partial charge in [-0.1, -0.05) is 53.6 Å². The van der Waals surface area contributed by atoms with Gasteiger partial charge in [-0.25, -0.2) is 4.98 Å². The minimum absolute atomic E-state index is 0.0319. The number of carboxylic acid groups (broad SMARTS) is 1. The van der Waals surface area contributed by atoms with Crippen LogP contribution in [0.25, 0.3) is 22.4 Å². The lowest BCUT2D eigenvalue weighted by molar-refractivity contribution is -0.142. The predicted molar refractivity (Wildman–Crippen MR) is 158 cm³/mol. The quantitative estimate of drug-likeness (QED) is 0.232. The van der Waals surface area contributed by atoms with Crippen molar-refractivity contribution in [3.05, 3.63) is 100 Å². The third-order valence-corrected chi connectivity index (χ3v) is 7.87. The molecule has 1 saturated heterocycles. The molecule has 0 bridgehead atoms. The summed E-state index contributed by atoms with van der Waals surface area (Å²) in [6.45, 7) is 5.31. The van der Waals surface area contributed by atoms with E-state index in [2.05, 4.69) is 4.90 Å². The number of aromatic nitrogens is 1. The largest absolute Gasteiger partial charge is 0.488 e. The van der Waals surface area contributed by atoms with Gasteiger partial charge in [0.25, 0.3) is 0 Å². The van der Waals surface area contributed by atoms with Crippen LogP contribution >= 0.6 is 11.6 Å². The summed E-state index contributed by atoms with van der Waals surface area (Å²) in [5.41, 5.74) is 3.99. The van der Waals surface area contributed by atoms with E-state index in [9.17, 15) is 23.1 Å². The summed E-state index contributed by atoms with van der Waals surface area (Å²) in [6.07, 6.45) is -3.38. The summed E-state index contributed by atoms with van der Waals surface area (Å²) in [4.78, 5) is 18.3. The molecule has 1 N–H and O–H groups in total. The number of alkyl halides is 3. The summed E-state index contributed by atoms with van der Waals surface area (Å²) in [5.74, 6) is 0.349. The van der Waals surface area contributed by atoms with E-state index in [0.717, 1.165) is 39.8 Å². The van der Waals surface area contributed by atoms with Gasteiger partial charge in [0.05, 0.1) is 17.2 Å². The molecule has 3 aromatic carbocycles. The van der Waals surface area contributed by atoms with E-state index in [-0.39, 0.29) is 23.1 Å². The number of aliphatic carboxylic acids is 1. The van der Waals surface area contributed by atoms with Crippen molar-refractivity contribution in [2.75, 3.05) is 18.0 Å². The van der Waals surface area contributed by atoms with Crippen LogP contribution in [0.3, 0.4) is 0 Å². The Morgan fingerprint density at radius 3 is 2.45 bits per heavy atom. The Morgan fingerprint density at radius 2 is 1.76 bits per heavy atom. The maximum Gasteiger partial charge on any atom is 0.417 e. The van der Waals surface area contributed by atoms with E-state index >= 15 is 0 Å². The summed E-state index contributed by atoms with van der Waals surface area (Å²) in [6, 6.07) is 20.6. The normalized spacial score (nSPS) is 14.2. The Labute approximate surface area is 247 Å². The van der Waals surface area contributed by atoms with Gasteiger partial charge >= 0.3 is 12.1 Å². The molecule has 0 saturated carbocycles. The molecule has 5 rings (SSSR count). The lowest BCUT2D eigenvalue weighted by atomic mass is 9.96. The molecule has 2 heterocycles. The van der Waals surface area contributed by atoms with Crippen molar-refractivity contribution in [1.82, 2.24) is 4.98 Å². The first-order chi connectivity index (χ1) is 20.0. The Morgan fingerprint density at radius 1 is 1.00 bits per heavy atom. The van der Waals surface area contributed by atoms with Crippen LogP contribution in [0.4, 0.5) is 19.0 Å². The number of hydrogen-bond acceptors (Lipinski definition) is 4. The average Bonchev–Trinajstić information content (AvgIpc) is 2.96. The SMILES string of the molecule is Cc1ccc(OCc2ccc(-c3ccc(Cl)cc3C(F)(F)F)cc2C)c(-c2cccc(N3CCC(C(=O)O)CC3)n2)c1. The highest BCUT2D eigenvalue weighted by Crippen LogP contribution is 2.39. The number of rotatable bonds is 7. The van der Waals surface area contributed by atoms with Gasteiger partial charge in [0.1, 0.15) is 18.2 Å². The zero-order valence-corrected chi connectivity index (χ0v) is 24.0. The maximum atomic E-state index is 13.7. The highest BCUT2D eigenvalue weighted by Gasteiger charge is 2.34. The minimum Gasteiger partial charge on any atom is -0.488 e. The molecule has 0 radical (unpaired) electrons. The number of halogens is 4. The second-order valence-electron chi connectivity index (χ2n) is 10.6. The molecule has 218 valence electrons. The summed E-state index contributed by atoms with van der Waals surface area (Å²) in [5, 5.41) is 9.35. The number of ether oxygens (including phenoxy) is 1. The second-order valence-corrected chi connectivity index (χ2v) is 11.0. The number of piperidine rings is 1. The number of hydrogen-bond donors (Lipinski definition) is 1. The summed E-state index contributed by atoms with van der Waals surface area (Å²) < 4.78 is 47.3. The van der Waals surface area contributed by atoms with Crippen LogP contribution in [0.2, 0.25) is 5.02 Å². The minimum atomic E-state index is -4.53. The van der Waals surface area contributed by atoms with Crippen LogP contribution in [-0.4, -0.2) is 29.1 Å². The number of pyridine rings is 1. The van der Waals surface area contributed by atoms with Crippen LogP contribution in [0.15, 0.2) is 72.8 Å². The van der Waals surface area contributed by atoms with Gasteiger partial charge in [0, 0.05) is 23.7 Å². The first kappa shape index (κ1) is 29.5. The predicted octanol–water partition coefficient (Wildman–Crippen LogP) is 8.58. The van der Waals surface area contributed by atoms with Crippen LogP contribution in [0.1, 0.15) is 35.1 Å². The summed E-state index contributed by atoms with van der Waals surface area (Å²) in [7, 11) is 0. The molecule has 1 aromatic heterocycles. The zero-order valence-electron chi connectivity index (χ0n) is 23.2. The van der Waals surface area contributed by atoms with Crippen molar-refractivity contribution in [2.24, 2.45) is 5.92 Å². The van der Waals surface area contributed by atoms with Crippen LogP contribution in [0, 0.1) is 19.8 Å². The molecule has 5 nitrogen and oxygen atoms in total. The average molecular weight is 595 g/mol. The van der Waals surface area contributed by atoms with Gasteiger partial charge in [0.2, 0.25) is 0 Å². The van der Waals surface area contributed by atoms with Crippen LogP contribution in [-0.2, 0) is 17.6 Å². The molecular weight excluding hydrogens is 565 g/mol. The number of nitrogens with zero attached hydrogens (tertiary/aromatic N) is 2. The van der Waals surface area contributed by atoms with Crippen molar-refractivity contribution >= 4 is 23.4 Å². The number of carbonyl (C=O) groups is 1. The molecule has 0 spiro atoms. The van der Waals surface area contributed by atoms with Crippen LogP contribution < -0.4 is 9.64 Å². The van der Waals surface area contributed by atoms with Gasteiger partial charge in [-0.05, 0) is 85.3 Å². The van der Waals surface area contributed by atoms with E-state index < -0.39 is 17.7 Å². The van der Waals surface area contributed by atoms with E-state index in [1.54, 1.807) is 18.2 Å². The fraction of sp³-hybridized carbons (Fsp3) is 0.273. The standard InChI is InChI=1S/C33H30ClF3N2O3/c1-20-6-11-30(27(16-20)29-4-3-5-31(38-29)39-14-12-22(13-15-39)32(40)41)42-19-24-8-7-23(17-21(24)2)26-10-9-25(34)18-28(26)33(35,36)37/h3-11,16-18,22H,12-15,19H2,1-2H3,(H,40,41). The number of anilines is 1. The highest BCUT2D eigenvalue weighted by molar-refractivity contribution is 6.30. The van der Waals surface area contributed by atoms with Crippen molar-refractivity contribution in [1.29, 1.82) is 0 Å². The first-order valence-corrected chi connectivity index (χ1v) is 14.0. The topological polar surface area (TPSA) is 62.7 Å². The van der Waals surface area contributed by atoms with Gasteiger partial charge < -0.3 is 14.7 Å². The zero-order chi connectivity index (χ0) is 30.0. The third-order valence-electron chi connectivity index (χ3n) is 7.64. The van der Waals surface area contributed by atoms with E-state index in [4.69, 9.17) is 21.3 Å². The van der Waals surface area contributed by atoms with Gasteiger partial charge in [-0.3, -0.25) is 4.79 Å². The van der Waals surface area contributed by atoms with Crippen molar-refractivity contribution < 1.29 is 27.8 Å². The fourth-order valence-electron chi connectivity index (χ4n) is 5.26. The molecule has 0 amide bonds. The molecule has 1 aliphatic rings. The molecule has 0 aliphatic carbocycles. The molecule has 9 heteroatoms. The fourth-order valence-corrected chi connectivity index (χ4v) is 5.43. The van der Waals surface area contributed by atoms with E-state index in [1.165, 1.54) is 12.1 Å². The molecule has 42 heavy (non-hydrogen) atoms. The Kier molecular flexibility index (Phi) is 8.45. The molecular formula is C33H30ClF3N2O3. The summed E-state index contributed by atoms with van der Waals surface area (Å²) >= 11 is 5.85. The highest BCUT2D eigenvalue weighted by atomic mass is 35.5. The first-order valence-electron chi connectivity index (χ1n) is 13.6. The molecule has 4 aromatic rings. The van der Waals surface area contributed by atoms with Gasteiger partial charge in [-0.2, -0.15) is 13.2 Å². The van der Waals surface area contributed by atoms with Crippen molar-refractivity contribution in [3.8, 4) is 28.1 Å². The Bertz CT molecular complexity index is 1610. The van der Waals surface area contributed by atoms with E-state index in [0.29, 0.717) is 37.2 Å². The molecule has 0 unspecified atom stereocenters. The number of aryl methyl sites for hydroxylation is 2. The lowest BCUT2D eigenvalue weighted by Gasteiger charge is -2.31. The Balaban J connectivity index is 1.36. The van der Waals surface area contributed by atoms with Gasteiger partial charge in [0.15, 0.2) is 0 Å². The Hall–Kier alpha value is -4.04. The van der Waals surface area contributed by atoms with Gasteiger partial charge in [-0.15, -0.1) is 0 Å². The molecule has 1 aliphatic heterocycles. The van der Waals surface area contributed by atoms with Crippen molar-refractivity contribution in [3.63, 3.8) is 0 Å². The second kappa shape index (κ2) is 12.1. The number of carboxylic acids is 1. The van der Waals surface area contributed by atoms with Crippen LogP contribution in [0.5, 0.6) is 5.75 Å².